The summed E-state index contributed by atoms with van der Waals surface area (Å²) < 4.78 is 5.36. The van der Waals surface area contributed by atoms with Crippen LogP contribution in [0.4, 0.5) is 0 Å². The van der Waals surface area contributed by atoms with Crippen molar-refractivity contribution in [1.29, 1.82) is 0 Å². The normalized spacial score (nSPS) is 27.2. The summed E-state index contributed by atoms with van der Waals surface area (Å²) in [6.45, 7) is 4.22. The Morgan fingerprint density at radius 1 is 1.50 bits per heavy atom. The molecule has 1 aromatic heterocycles. The molecule has 0 radical (unpaired) electrons. The number of hydrogen-bond acceptors (Lipinski definition) is 3. The maximum Gasteiger partial charge on any atom is 0.193 e. The molecule has 1 aromatic rings. The predicted octanol–water partition coefficient (Wildman–Crippen LogP) is 2.53. The highest BCUT2D eigenvalue weighted by atomic mass is 35.5. The summed E-state index contributed by atoms with van der Waals surface area (Å²) in [5.41, 5.74) is 0. The molecule has 1 aliphatic heterocycles. The van der Waals surface area contributed by atoms with Gasteiger partial charge in [0.1, 0.15) is 5.76 Å². The molecule has 2 rings (SSSR count). The lowest BCUT2D eigenvalue weighted by molar-refractivity contribution is 0.0719. The Bertz CT molecular complexity index is 340. The number of hydrogen-bond donors (Lipinski definition) is 1. The molecule has 0 spiro atoms. The van der Waals surface area contributed by atoms with E-state index in [0.717, 1.165) is 31.7 Å². The molecule has 0 aromatic carbocycles. The van der Waals surface area contributed by atoms with E-state index in [0.29, 0.717) is 17.2 Å². The van der Waals surface area contributed by atoms with Gasteiger partial charge in [-0.3, -0.25) is 4.90 Å². The molecule has 4 heteroatoms. The summed E-state index contributed by atoms with van der Waals surface area (Å²) in [5, 5.41) is 9.64. The zero-order valence-electron chi connectivity index (χ0n) is 9.53. The lowest BCUT2D eigenvalue weighted by Gasteiger charge is -2.36. The number of halogens is 1. The minimum atomic E-state index is 0.280. The van der Waals surface area contributed by atoms with Gasteiger partial charge in [0.25, 0.3) is 0 Å². The van der Waals surface area contributed by atoms with Gasteiger partial charge in [-0.25, -0.2) is 0 Å². The average molecular weight is 244 g/mol. The van der Waals surface area contributed by atoms with E-state index in [2.05, 4.69) is 11.8 Å². The third-order valence-electron chi connectivity index (χ3n) is 3.35. The van der Waals surface area contributed by atoms with Crippen molar-refractivity contribution < 1.29 is 9.52 Å². The van der Waals surface area contributed by atoms with Crippen LogP contribution in [0.15, 0.2) is 16.5 Å². The van der Waals surface area contributed by atoms with Crippen LogP contribution in [0.25, 0.3) is 0 Å². The number of likely N-dealkylation sites (tertiary alicyclic amines) is 1. The third-order valence-corrected chi connectivity index (χ3v) is 3.56. The van der Waals surface area contributed by atoms with E-state index < -0.39 is 0 Å². The van der Waals surface area contributed by atoms with Crippen molar-refractivity contribution in [3.8, 4) is 0 Å². The van der Waals surface area contributed by atoms with Crippen molar-refractivity contribution in [2.24, 2.45) is 5.92 Å². The Morgan fingerprint density at radius 2 is 2.31 bits per heavy atom. The Hall–Kier alpha value is -0.510. The second-order valence-corrected chi connectivity index (χ2v) is 4.98. The van der Waals surface area contributed by atoms with Crippen molar-refractivity contribution in [3.63, 3.8) is 0 Å². The number of rotatable bonds is 3. The first-order chi connectivity index (χ1) is 7.69. The van der Waals surface area contributed by atoms with Gasteiger partial charge in [0.05, 0.1) is 6.54 Å². The number of piperidine rings is 1. The minimum absolute atomic E-state index is 0.280. The van der Waals surface area contributed by atoms with Crippen LogP contribution in [0.2, 0.25) is 5.22 Å². The van der Waals surface area contributed by atoms with E-state index in [9.17, 15) is 5.11 Å². The molecular formula is C12H18ClNO2. The molecule has 0 saturated carbocycles. The van der Waals surface area contributed by atoms with Crippen molar-refractivity contribution in [1.82, 2.24) is 4.90 Å². The van der Waals surface area contributed by atoms with Gasteiger partial charge >= 0.3 is 0 Å². The fourth-order valence-corrected chi connectivity index (χ4v) is 2.43. The number of aliphatic hydroxyl groups excluding tert-OH is 1. The predicted molar refractivity (Wildman–Crippen MR) is 63.4 cm³/mol. The molecule has 2 heterocycles. The van der Waals surface area contributed by atoms with Crippen molar-refractivity contribution in [2.75, 3.05) is 13.2 Å². The standard InChI is InChI=1S/C12H18ClNO2/c1-9-2-3-10(8-15)6-14(9)7-11-4-5-12(13)16-11/h4-5,9-10,15H,2-3,6-8H2,1H3. The summed E-state index contributed by atoms with van der Waals surface area (Å²) in [5.74, 6) is 1.30. The van der Waals surface area contributed by atoms with Gasteiger partial charge in [-0.05, 0) is 49.4 Å². The topological polar surface area (TPSA) is 36.6 Å². The highest BCUT2D eigenvalue weighted by molar-refractivity contribution is 6.28. The molecule has 0 bridgehead atoms. The monoisotopic (exact) mass is 243 g/mol. The second-order valence-electron chi connectivity index (χ2n) is 4.61. The minimum Gasteiger partial charge on any atom is -0.448 e. The lowest BCUT2D eigenvalue weighted by atomic mass is 9.94. The highest BCUT2D eigenvalue weighted by Gasteiger charge is 2.25. The molecule has 2 unspecified atom stereocenters. The first-order valence-corrected chi connectivity index (χ1v) is 6.16. The van der Waals surface area contributed by atoms with Gasteiger partial charge in [0, 0.05) is 19.2 Å². The Kier molecular flexibility index (Phi) is 3.90. The van der Waals surface area contributed by atoms with E-state index in [1.807, 2.05) is 6.07 Å². The van der Waals surface area contributed by atoms with Gasteiger partial charge in [-0.15, -0.1) is 0 Å². The van der Waals surface area contributed by atoms with E-state index in [4.69, 9.17) is 16.0 Å². The number of aliphatic hydroxyl groups is 1. The largest absolute Gasteiger partial charge is 0.448 e. The first-order valence-electron chi connectivity index (χ1n) is 5.78. The van der Waals surface area contributed by atoms with E-state index in [1.54, 1.807) is 6.07 Å². The number of nitrogens with zero attached hydrogens (tertiary/aromatic N) is 1. The van der Waals surface area contributed by atoms with Gasteiger partial charge in [-0.2, -0.15) is 0 Å². The Morgan fingerprint density at radius 3 is 2.94 bits per heavy atom. The molecule has 2 atom stereocenters. The van der Waals surface area contributed by atoms with Crippen molar-refractivity contribution >= 4 is 11.6 Å². The molecule has 0 amide bonds. The zero-order valence-corrected chi connectivity index (χ0v) is 10.3. The van der Waals surface area contributed by atoms with Crippen molar-refractivity contribution in [3.05, 3.63) is 23.1 Å². The summed E-state index contributed by atoms with van der Waals surface area (Å²) in [4.78, 5) is 2.35. The van der Waals surface area contributed by atoms with Gasteiger partial charge < -0.3 is 9.52 Å². The fraction of sp³-hybridized carbons (Fsp3) is 0.667. The van der Waals surface area contributed by atoms with Crippen LogP contribution >= 0.6 is 11.6 Å². The first kappa shape index (κ1) is 12.0. The van der Waals surface area contributed by atoms with Gasteiger partial charge in [0.2, 0.25) is 0 Å². The van der Waals surface area contributed by atoms with Crippen LogP contribution < -0.4 is 0 Å². The summed E-state index contributed by atoms with van der Waals surface area (Å²) in [6.07, 6.45) is 2.26. The maximum atomic E-state index is 9.19. The Labute approximate surface area is 101 Å². The fourth-order valence-electron chi connectivity index (χ4n) is 2.27. The maximum absolute atomic E-state index is 9.19. The van der Waals surface area contributed by atoms with E-state index in [1.165, 1.54) is 0 Å². The van der Waals surface area contributed by atoms with Gasteiger partial charge in [-0.1, -0.05) is 0 Å². The SMILES string of the molecule is CC1CCC(CO)CN1Cc1ccc(Cl)o1. The van der Waals surface area contributed by atoms with Crippen LogP contribution in [-0.2, 0) is 6.54 Å². The molecule has 16 heavy (non-hydrogen) atoms. The van der Waals surface area contributed by atoms with E-state index >= 15 is 0 Å². The molecule has 1 fully saturated rings. The molecule has 1 saturated heterocycles. The Balaban J connectivity index is 1.96. The molecule has 0 aliphatic carbocycles. The molecule has 1 aliphatic rings. The van der Waals surface area contributed by atoms with Crippen LogP contribution in [0.1, 0.15) is 25.5 Å². The van der Waals surface area contributed by atoms with Crippen LogP contribution in [0, 0.1) is 5.92 Å². The average Bonchev–Trinajstić information content (AvgIpc) is 2.67. The van der Waals surface area contributed by atoms with Crippen LogP contribution in [-0.4, -0.2) is 29.2 Å². The van der Waals surface area contributed by atoms with Crippen LogP contribution in [0.3, 0.4) is 0 Å². The molecular weight excluding hydrogens is 226 g/mol. The molecule has 3 nitrogen and oxygen atoms in total. The summed E-state index contributed by atoms with van der Waals surface area (Å²) >= 11 is 5.75. The van der Waals surface area contributed by atoms with E-state index in [-0.39, 0.29) is 6.61 Å². The summed E-state index contributed by atoms with van der Waals surface area (Å²) in [6, 6.07) is 4.23. The zero-order chi connectivity index (χ0) is 11.5. The van der Waals surface area contributed by atoms with Crippen molar-refractivity contribution in [2.45, 2.75) is 32.4 Å². The quantitative estimate of drug-likeness (QED) is 0.886. The second kappa shape index (κ2) is 5.21. The van der Waals surface area contributed by atoms with Crippen LogP contribution in [0.5, 0.6) is 0 Å². The molecule has 1 N–H and O–H groups in total. The molecule has 90 valence electrons. The highest BCUT2D eigenvalue weighted by Crippen LogP contribution is 2.24. The summed E-state index contributed by atoms with van der Waals surface area (Å²) in [7, 11) is 0. The lowest BCUT2D eigenvalue weighted by Crippen LogP contribution is -2.42. The number of furan rings is 1. The third kappa shape index (κ3) is 2.78. The van der Waals surface area contributed by atoms with Gasteiger partial charge in [0.15, 0.2) is 5.22 Å². The smallest absolute Gasteiger partial charge is 0.193 e.